The molecule has 0 aromatic heterocycles. The molecule has 1 rings (SSSR count). The molecule has 0 aliphatic carbocycles. The first-order chi connectivity index (χ1) is 9.58. The van der Waals surface area contributed by atoms with Gasteiger partial charge in [-0.05, 0) is 6.92 Å². The fraction of sp³-hybridized carbons (Fsp3) is 0.615. The third-order valence-corrected chi connectivity index (χ3v) is 2.86. The van der Waals surface area contributed by atoms with E-state index < -0.39 is 12.0 Å². The molecule has 0 saturated carbocycles. The summed E-state index contributed by atoms with van der Waals surface area (Å²) in [6.07, 6.45) is 1.66. The lowest BCUT2D eigenvalue weighted by atomic mass is 10.1. The summed E-state index contributed by atoms with van der Waals surface area (Å²) >= 11 is 0. The van der Waals surface area contributed by atoms with Crippen LogP contribution in [0.25, 0.3) is 0 Å². The summed E-state index contributed by atoms with van der Waals surface area (Å²) in [7, 11) is 0. The average Bonchev–Trinajstić information content (AvgIpc) is 2.42. The highest BCUT2D eigenvalue weighted by atomic mass is 16.5. The molecule has 1 fully saturated rings. The van der Waals surface area contributed by atoms with E-state index >= 15 is 0 Å². The van der Waals surface area contributed by atoms with Gasteiger partial charge in [0.25, 0.3) is 0 Å². The Morgan fingerprint density at radius 3 is 3.00 bits per heavy atom. The Balaban J connectivity index is 2.38. The maximum atomic E-state index is 12.0. The van der Waals surface area contributed by atoms with Crippen LogP contribution in [0.2, 0.25) is 0 Å². The van der Waals surface area contributed by atoms with Gasteiger partial charge >= 0.3 is 5.97 Å². The van der Waals surface area contributed by atoms with Crippen LogP contribution in [0.4, 0.5) is 0 Å². The molecule has 1 aliphatic rings. The molecule has 0 bridgehead atoms. The second kappa shape index (κ2) is 8.31. The monoisotopic (exact) mass is 283 g/mol. The number of nitrogens with zero attached hydrogens (tertiary/aromatic N) is 1. The van der Waals surface area contributed by atoms with Crippen LogP contribution in [-0.2, 0) is 19.1 Å². The summed E-state index contributed by atoms with van der Waals surface area (Å²) in [5.74, 6) is -0.969. The van der Waals surface area contributed by atoms with Gasteiger partial charge in [-0.3, -0.25) is 14.4 Å². The molecule has 1 saturated heterocycles. The van der Waals surface area contributed by atoms with Crippen LogP contribution in [0.15, 0.2) is 12.7 Å². The van der Waals surface area contributed by atoms with Crippen LogP contribution in [0.1, 0.15) is 13.3 Å². The zero-order valence-corrected chi connectivity index (χ0v) is 11.7. The van der Waals surface area contributed by atoms with Crippen molar-refractivity contribution in [3.05, 3.63) is 12.7 Å². The quantitative estimate of drug-likeness (QED) is 0.464. The van der Waals surface area contributed by atoms with E-state index in [1.54, 1.807) is 17.9 Å². The van der Waals surface area contributed by atoms with Crippen LogP contribution in [0.5, 0.6) is 0 Å². The number of hydrogen-bond donors (Lipinski definition) is 2. The minimum atomic E-state index is -0.550. The number of rotatable bonds is 7. The largest absolute Gasteiger partial charge is 0.465 e. The Labute approximate surface area is 118 Å². The zero-order valence-electron chi connectivity index (χ0n) is 11.7. The molecule has 0 aromatic rings. The van der Waals surface area contributed by atoms with Crippen molar-refractivity contribution in [3.63, 3.8) is 0 Å². The first-order valence-corrected chi connectivity index (χ1v) is 6.63. The Bertz CT molecular complexity index is 384. The number of nitrogens with one attached hydrogen (secondary N) is 2. The number of piperazine rings is 1. The summed E-state index contributed by atoms with van der Waals surface area (Å²) in [5.41, 5.74) is 0. The average molecular weight is 283 g/mol. The predicted octanol–water partition coefficient (Wildman–Crippen LogP) is -0.958. The Hall–Kier alpha value is -1.89. The number of hydrogen-bond acceptors (Lipinski definition) is 5. The Morgan fingerprint density at radius 1 is 1.60 bits per heavy atom. The van der Waals surface area contributed by atoms with Crippen molar-refractivity contribution in [2.45, 2.75) is 19.4 Å². The molecule has 20 heavy (non-hydrogen) atoms. The molecule has 2 amide bonds. The van der Waals surface area contributed by atoms with E-state index in [2.05, 4.69) is 17.2 Å². The lowest BCUT2D eigenvalue weighted by molar-refractivity contribution is -0.143. The van der Waals surface area contributed by atoms with Gasteiger partial charge in [-0.25, -0.2) is 0 Å². The minimum absolute atomic E-state index is 0.00583. The number of carbonyl (C=O) groups excluding carboxylic acids is 3. The van der Waals surface area contributed by atoms with Crippen molar-refractivity contribution >= 4 is 17.8 Å². The van der Waals surface area contributed by atoms with Gasteiger partial charge in [0.2, 0.25) is 11.8 Å². The second-order valence-electron chi connectivity index (χ2n) is 4.37. The van der Waals surface area contributed by atoms with Crippen LogP contribution < -0.4 is 10.6 Å². The third kappa shape index (κ3) is 5.00. The molecule has 1 unspecified atom stereocenters. The van der Waals surface area contributed by atoms with Gasteiger partial charge in [0.15, 0.2) is 0 Å². The van der Waals surface area contributed by atoms with Crippen LogP contribution in [0.3, 0.4) is 0 Å². The van der Waals surface area contributed by atoms with E-state index in [4.69, 9.17) is 4.74 Å². The molecule has 0 spiro atoms. The van der Waals surface area contributed by atoms with E-state index in [0.717, 1.165) is 0 Å². The van der Waals surface area contributed by atoms with Crippen molar-refractivity contribution in [2.75, 3.05) is 32.8 Å². The number of esters is 1. The predicted molar refractivity (Wildman–Crippen MR) is 72.8 cm³/mol. The highest BCUT2D eigenvalue weighted by molar-refractivity contribution is 5.90. The summed E-state index contributed by atoms with van der Waals surface area (Å²) in [6, 6.07) is -0.550. The first-order valence-electron chi connectivity index (χ1n) is 6.63. The number of carbonyl (C=O) groups is 3. The molecule has 0 aromatic carbocycles. The Kier molecular flexibility index (Phi) is 6.72. The normalized spacial score (nSPS) is 18.6. The fourth-order valence-electron chi connectivity index (χ4n) is 1.93. The van der Waals surface area contributed by atoms with Gasteiger partial charge < -0.3 is 20.3 Å². The Morgan fingerprint density at radius 2 is 2.35 bits per heavy atom. The van der Waals surface area contributed by atoms with E-state index in [1.165, 1.54) is 0 Å². The maximum Gasteiger partial charge on any atom is 0.325 e. The minimum Gasteiger partial charge on any atom is -0.465 e. The summed E-state index contributed by atoms with van der Waals surface area (Å²) in [4.78, 5) is 36.5. The van der Waals surface area contributed by atoms with Gasteiger partial charge in [0, 0.05) is 19.6 Å². The zero-order chi connectivity index (χ0) is 15.0. The summed E-state index contributed by atoms with van der Waals surface area (Å²) in [5, 5.41) is 5.44. The van der Waals surface area contributed by atoms with Crippen LogP contribution in [0, 0.1) is 0 Å². The summed E-state index contributed by atoms with van der Waals surface area (Å²) < 4.78 is 4.70. The summed E-state index contributed by atoms with van der Waals surface area (Å²) in [6.45, 7) is 7.10. The molecule has 1 heterocycles. The van der Waals surface area contributed by atoms with Crippen molar-refractivity contribution in [1.29, 1.82) is 0 Å². The molecule has 2 N–H and O–H groups in total. The molecular weight excluding hydrogens is 262 g/mol. The lowest BCUT2D eigenvalue weighted by Gasteiger charge is -2.32. The fourth-order valence-corrected chi connectivity index (χ4v) is 1.93. The van der Waals surface area contributed by atoms with Crippen molar-refractivity contribution in [3.8, 4) is 0 Å². The molecule has 0 radical (unpaired) electrons. The van der Waals surface area contributed by atoms with Crippen molar-refractivity contribution < 1.29 is 19.1 Å². The van der Waals surface area contributed by atoms with Crippen molar-refractivity contribution in [1.82, 2.24) is 15.5 Å². The molecule has 1 aliphatic heterocycles. The third-order valence-electron chi connectivity index (χ3n) is 2.86. The van der Waals surface area contributed by atoms with Gasteiger partial charge in [-0.2, -0.15) is 0 Å². The highest BCUT2D eigenvalue weighted by Crippen LogP contribution is 2.05. The smallest absolute Gasteiger partial charge is 0.325 e. The van der Waals surface area contributed by atoms with E-state index in [9.17, 15) is 14.4 Å². The SMILES string of the molecule is C=CCN1CCNC(CC(=O)NCC(=O)OCC)C1=O. The molecule has 7 heteroatoms. The van der Waals surface area contributed by atoms with E-state index in [0.29, 0.717) is 19.6 Å². The highest BCUT2D eigenvalue weighted by Gasteiger charge is 2.29. The van der Waals surface area contributed by atoms with E-state index in [1.807, 2.05) is 0 Å². The lowest BCUT2D eigenvalue weighted by Crippen LogP contribution is -2.56. The van der Waals surface area contributed by atoms with Gasteiger partial charge in [-0.15, -0.1) is 6.58 Å². The molecule has 112 valence electrons. The standard InChI is InChI=1S/C13H21N3O4/c1-3-6-16-7-5-14-10(13(16)19)8-11(17)15-9-12(18)20-4-2/h3,10,14H,1,4-9H2,2H3,(H,15,17). The number of amides is 2. The number of ether oxygens (including phenoxy) is 1. The van der Waals surface area contributed by atoms with Crippen LogP contribution in [-0.4, -0.2) is 61.5 Å². The van der Waals surface area contributed by atoms with Gasteiger partial charge in [0.1, 0.15) is 6.54 Å². The topological polar surface area (TPSA) is 87.7 Å². The van der Waals surface area contributed by atoms with Gasteiger partial charge in [-0.1, -0.05) is 6.08 Å². The molecule has 1 atom stereocenters. The molecule has 7 nitrogen and oxygen atoms in total. The maximum absolute atomic E-state index is 12.0. The molecular formula is C13H21N3O4. The van der Waals surface area contributed by atoms with Gasteiger partial charge in [0.05, 0.1) is 19.1 Å². The van der Waals surface area contributed by atoms with E-state index in [-0.39, 0.29) is 31.4 Å². The van der Waals surface area contributed by atoms with Crippen molar-refractivity contribution in [2.24, 2.45) is 0 Å². The van der Waals surface area contributed by atoms with Crippen LogP contribution >= 0.6 is 0 Å². The second-order valence-corrected chi connectivity index (χ2v) is 4.37. The first kappa shape index (κ1) is 16.2.